The number of anilines is 2. The highest BCUT2D eigenvalue weighted by Gasteiger charge is 2.24. The first-order chi connectivity index (χ1) is 12.6. The molecule has 0 fully saturated rings. The smallest absolute Gasteiger partial charge is 0.339 e. The maximum Gasteiger partial charge on any atom is 0.339 e. The Balaban J connectivity index is 2.31. The van der Waals surface area contributed by atoms with Crippen molar-refractivity contribution in [1.29, 1.82) is 0 Å². The normalized spacial score (nSPS) is 11.0. The molecular formula is C17H16Cl2N2O5S. The molecule has 2 rings (SSSR count). The number of ether oxygens (including phenoxy) is 1. The van der Waals surface area contributed by atoms with Crippen molar-refractivity contribution in [2.75, 3.05) is 29.5 Å². The molecule has 0 saturated carbocycles. The van der Waals surface area contributed by atoms with E-state index in [-0.39, 0.29) is 27.0 Å². The molecule has 10 heteroatoms. The topological polar surface area (TPSA) is 92.8 Å². The molecule has 0 bridgehead atoms. The molecule has 1 amide bonds. The second kappa shape index (κ2) is 8.60. The van der Waals surface area contributed by atoms with Crippen LogP contribution in [0, 0.1) is 0 Å². The molecule has 0 radical (unpaired) electrons. The number of hydrogen-bond acceptors (Lipinski definition) is 5. The summed E-state index contributed by atoms with van der Waals surface area (Å²) >= 11 is 12.0. The van der Waals surface area contributed by atoms with Crippen LogP contribution in [-0.2, 0) is 19.6 Å². The van der Waals surface area contributed by atoms with Crippen molar-refractivity contribution in [2.45, 2.75) is 0 Å². The largest absolute Gasteiger partial charge is 0.465 e. The zero-order valence-electron chi connectivity index (χ0n) is 14.4. The van der Waals surface area contributed by atoms with Gasteiger partial charge in [0.05, 0.1) is 35.3 Å². The van der Waals surface area contributed by atoms with Crippen LogP contribution >= 0.6 is 23.2 Å². The van der Waals surface area contributed by atoms with Crippen molar-refractivity contribution in [2.24, 2.45) is 0 Å². The maximum absolute atomic E-state index is 12.5. The molecule has 0 saturated heterocycles. The van der Waals surface area contributed by atoms with E-state index in [2.05, 4.69) is 10.1 Å². The Morgan fingerprint density at radius 3 is 2.44 bits per heavy atom. The average molecular weight is 431 g/mol. The van der Waals surface area contributed by atoms with Crippen molar-refractivity contribution in [3.8, 4) is 0 Å². The third-order valence-electron chi connectivity index (χ3n) is 3.47. The molecule has 0 spiro atoms. The second-order valence-corrected chi connectivity index (χ2v) is 8.20. The number of benzene rings is 2. The number of rotatable bonds is 6. The van der Waals surface area contributed by atoms with Gasteiger partial charge in [-0.15, -0.1) is 0 Å². The van der Waals surface area contributed by atoms with Crippen molar-refractivity contribution < 1.29 is 22.7 Å². The minimum atomic E-state index is -3.84. The minimum Gasteiger partial charge on any atom is -0.465 e. The molecule has 0 heterocycles. The lowest BCUT2D eigenvalue weighted by Crippen LogP contribution is -2.37. The van der Waals surface area contributed by atoms with Crippen molar-refractivity contribution in [3.05, 3.63) is 58.1 Å². The predicted molar refractivity (Wildman–Crippen MR) is 105 cm³/mol. The fraction of sp³-hybridized carbons (Fsp3) is 0.176. The van der Waals surface area contributed by atoms with Crippen LogP contribution in [0.15, 0.2) is 42.5 Å². The van der Waals surface area contributed by atoms with Gasteiger partial charge in [0, 0.05) is 5.02 Å². The van der Waals surface area contributed by atoms with E-state index in [9.17, 15) is 18.0 Å². The standard InChI is InChI=1S/C17H16Cl2N2O5S/c1-26-17(23)12-5-3-4-6-14(12)20-16(22)10-21(27(2,24)25)15-9-11(18)7-8-13(15)19/h3-9H,10H2,1-2H3,(H,20,22). The van der Waals surface area contributed by atoms with E-state index in [1.807, 2.05) is 0 Å². The van der Waals surface area contributed by atoms with Gasteiger partial charge in [0.2, 0.25) is 15.9 Å². The predicted octanol–water partition coefficient (Wildman–Crippen LogP) is 3.18. The van der Waals surface area contributed by atoms with Gasteiger partial charge in [-0.05, 0) is 30.3 Å². The van der Waals surface area contributed by atoms with E-state index >= 15 is 0 Å². The van der Waals surface area contributed by atoms with E-state index in [1.165, 1.54) is 37.4 Å². The highest BCUT2D eigenvalue weighted by Crippen LogP contribution is 2.30. The van der Waals surface area contributed by atoms with Gasteiger partial charge < -0.3 is 10.1 Å². The third kappa shape index (κ3) is 5.35. The Hall–Kier alpha value is -2.29. The molecule has 0 atom stereocenters. The molecule has 144 valence electrons. The minimum absolute atomic E-state index is 0.0723. The van der Waals surface area contributed by atoms with Crippen LogP contribution in [0.4, 0.5) is 11.4 Å². The fourth-order valence-corrected chi connectivity index (χ4v) is 3.55. The number of carbonyl (C=O) groups is 2. The average Bonchev–Trinajstić information content (AvgIpc) is 2.61. The summed E-state index contributed by atoms with van der Waals surface area (Å²) in [4.78, 5) is 24.2. The van der Waals surface area contributed by atoms with Gasteiger partial charge in [0.15, 0.2) is 0 Å². The van der Waals surface area contributed by atoms with Crippen molar-refractivity contribution in [1.82, 2.24) is 0 Å². The van der Waals surface area contributed by atoms with E-state index in [0.717, 1.165) is 10.6 Å². The van der Waals surface area contributed by atoms with Gasteiger partial charge in [0.1, 0.15) is 6.54 Å². The first-order valence-electron chi connectivity index (χ1n) is 7.53. The molecule has 0 aliphatic rings. The number of halogens is 2. The first kappa shape index (κ1) is 21.0. The van der Waals surface area contributed by atoms with Crippen LogP contribution in [0.1, 0.15) is 10.4 Å². The monoisotopic (exact) mass is 430 g/mol. The first-order valence-corrected chi connectivity index (χ1v) is 10.1. The Bertz CT molecular complexity index is 979. The van der Waals surface area contributed by atoms with Crippen LogP contribution < -0.4 is 9.62 Å². The van der Waals surface area contributed by atoms with Crippen molar-refractivity contribution in [3.63, 3.8) is 0 Å². The molecule has 0 aliphatic carbocycles. The van der Waals surface area contributed by atoms with Gasteiger partial charge >= 0.3 is 5.97 Å². The van der Waals surface area contributed by atoms with Crippen molar-refractivity contribution >= 4 is 56.5 Å². The van der Waals surface area contributed by atoms with Crippen LogP contribution in [-0.4, -0.2) is 40.2 Å². The summed E-state index contributed by atoms with van der Waals surface area (Å²) in [6, 6.07) is 10.5. The Kier molecular flexibility index (Phi) is 6.69. The van der Waals surface area contributed by atoms with Crippen LogP contribution in [0.25, 0.3) is 0 Å². The Morgan fingerprint density at radius 2 is 1.81 bits per heavy atom. The zero-order chi connectivity index (χ0) is 20.2. The van der Waals surface area contributed by atoms with E-state index < -0.39 is 28.4 Å². The summed E-state index contributed by atoms with van der Waals surface area (Å²) < 4.78 is 29.8. The molecule has 0 unspecified atom stereocenters. The second-order valence-electron chi connectivity index (χ2n) is 5.45. The molecule has 0 aromatic heterocycles. The summed E-state index contributed by atoms with van der Waals surface area (Å²) in [6.07, 6.45) is 0.944. The maximum atomic E-state index is 12.5. The fourth-order valence-electron chi connectivity index (χ4n) is 2.26. The van der Waals surface area contributed by atoms with Crippen LogP contribution in [0.5, 0.6) is 0 Å². The molecule has 2 aromatic rings. The summed E-state index contributed by atoms with van der Waals surface area (Å²) in [7, 11) is -2.62. The number of nitrogens with zero attached hydrogens (tertiary/aromatic N) is 1. The summed E-state index contributed by atoms with van der Waals surface area (Å²) in [5, 5.41) is 2.89. The van der Waals surface area contributed by atoms with Gasteiger partial charge in [0.25, 0.3) is 0 Å². The number of methoxy groups -OCH3 is 1. The van der Waals surface area contributed by atoms with Crippen LogP contribution in [0.2, 0.25) is 10.0 Å². The highest BCUT2D eigenvalue weighted by atomic mass is 35.5. The number of hydrogen-bond donors (Lipinski definition) is 1. The number of sulfonamides is 1. The molecule has 7 nitrogen and oxygen atoms in total. The Morgan fingerprint density at radius 1 is 1.15 bits per heavy atom. The van der Waals surface area contributed by atoms with Gasteiger partial charge in [-0.3, -0.25) is 9.10 Å². The van der Waals surface area contributed by atoms with E-state index in [0.29, 0.717) is 0 Å². The lowest BCUT2D eigenvalue weighted by atomic mass is 10.2. The lowest BCUT2D eigenvalue weighted by molar-refractivity contribution is -0.114. The SMILES string of the molecule is COC(=O)c1ccccc1NC(=O)CN(c1cc(Cl)ccc1Cl)S(C)(=O)=O. The zero-order valence-corrected chi connectivity index (χ0v) is 16.7. The number of esters is 1. The highest BCUT2D eigenvalue weighted by molar-refractivity contribution is 7.92. The van der Waals surface area contributed by atoms with E-state index in [1.54, 1.807) is 12.1 Å². The number of amides is 1. The Labute approximate surface area is 166 Å². The summed E-state index contributed by atoms with van der Waals surface area (Å²) in [5.74, 6) is -1.31. The van der Waals surface area contributed by atoms with Gasteiger partial charge in [-0.2, -0.15) is 0 Å². The summed E-state index contributed by atoms with van der Waals surface area (Å²) in [5.41, 5.74) is 0.406. The number of para-hydroxylation sites is 1. The third-order valence-corrected chi connectivity index (χ3v) is 5.15. The number of carbonyl (C=O) groups excluding carboxylic acids is 2. The molecule has 1 N–H and O–H groups in total. The molecule has 0 aliphatic heterocycles. The molecule has 27 heavy (non-hydrogen) atoms. The van der Waals surface area contributed by atoms with Crippen LogP contribution in [0.3, 0.4) is 0 Å². The van der Waals surface area contributed by atoms with Gasteiger partial charge in [-0.25, -0.2) is 13.2 Å². The van der Waals surface area contributed by atoms with Gasteiger partial charge in [-0.1, -0.05) is 35.3 Å². The quantitative estimate of drug-likeness (QED) is 0.710. The lowest BCUT2D eigenvalue weighted by Gasteiger charge is -2.23. The molecule has 2 aromatic carbocycles. The molecular weight excluding hydrogens is 415 g/mol. The summed E-state index contributed by atoms with van der Waals surface area (Å²) in [6.45, 7) is -0.561. The number of nitrogens with one attached hydrogen (secondary N) is 1. The van der Waals surface area contributed by atoms with E-state index in [4.69, 9.17) is 23.2 Å².